The highest BCUT2D eigenvalue weighted by Gasteiger charge is 2.43. The second-order valence-corrected chi connectivity index (χ2v) is 5.98. The van der Waals surface area contributed by atoms with Gasteiger partial charge in [0.15, 0.2) is 0 Å². The normalized spacial score (nSPS) is 11.8. The van der Waals surface area contributed by atoms with E-state index in [0.29, 0.717) is 6.04 Å². The van der Waals surface area contributed by atoms with Crippen molar-refractivity contribution in [1.29, 1.82) is 0 Å². The van der Waals surface area contributed by atoms with E-state index in [9.17, 15) is 9.59 Å². The summed E-state index contributed by atoms with van der Waals surface area (Å²) in [6, 6.07) is 0.495. The molecule has 6 heteroatoms. The minimum atomic E-state index is -3.00. The predicted octanol–water partition coefficient (Wildman–Crippen LogP) is 1.32. The van der Waals surface area contributed by atoms with Crippen LogP contribution in [0.2, 0.25) is 6.04 Å². The summed E-state index contributed by atoms with van der Waals surface area (Å²) in [6.45, 7) is 3.57. The number of rotatable bonds is 7. The van der Waals surface area contributed by atoms with Gasteiger partial charge in [0.25, 0.3) is 5.78 Å². The lowest BCUT2D eigenvalue weighted by Gasteiger charge is -2.24. The minimum absolute atomic E-state index is 0.495. The molecule has 0 aromatic carbocycles. The molecule has 16 heavy (non-hydrogen) atoms. The topological polar surface area (TPSA) is 61.8 Å². The van der Waals surface area contributed by atoms with Crippen LogP contribution < -0.4 is 0 Å². The first-order valence-corrected chi connectivity index (χ1v) is 6.98. The summed E-state index contributed by atoms with van der Waals surface area (Å²) in [5.74, 6) is -1.63. The van der Waals surface area contributed by atoms with Gasteiger partial charge in [0.05, 0.1) is 0 Å². The molecule has 0 radical (unpaired) electrons. The summed E-state index contributed by atoms with van der Waals surface area (Å²) in [5.41, 5.74) is 0. The second-order valence-electron chi connectivity index (χ2n) is 3.10. The predicted molar refractivity (Wildman–Crippen MR) is 60.8 cm³/mol. The first-order valence-electron chi connectivity index (χ1n) is 5.05. The monoisotopic (exact) mass is 246 g/mol. The molecule has 0 unspecified atom stereocenters. The van der Waals surface area contributed by atoms with Gasteiger partial charge in [-0.1, -0.05) is 19.4 Å². The fraction of sp³-hybridized carbons (Fsp3) is 0.600. The van der Waals surface area contributed by atoms with E-state index in [0.717, 1.165) is 12.5 Å². The zero-order valence-electron chi connectivity index (χ0n) is 10.1. The number of carbonyl (C=O) groups excluding carboxylic acids is 2. The Morgan fingerprint density at radius 2 is 1.81 bits per heavy atom. The summed E-state index contributed by atoms with van der Waals surface area (Å²) in [7, 11) is -0.172. The molecule has 0 heterocycles. The minimum Gasteiger partial charge on any atom is -0.467 e. The van der Waals surface area contributed by atoms with Crippen LogP contribution in [-0.4, -0.2) is 34.8 Å². The Balaban J connectivity index is 4.62. The quantitative estimate of drug-likeness (QED) is 0.385. The highest BCUT2D eigenvalue weighted by atomic mass is 28.4. The van der Waals surface area contributed by atoms with Crippen LogP contribution in [-0.2, 0) is 22.9 Å². The molecule has 0 aliphatic heterocycles. The Morgan fingerprint density at radius 3 is 2.19 bits per heavy atom. The maximum absolute atomic E-state index is 11.4. The van der Waals surface area contributed by atoms with E-state index in [1.165, 1.54) is 20.3 Å². The van der Waals surface area contributed by atoms with Crippen molar-refractivity contribution < 1.29 is 22.9 Å². The summed E-state index contributed by atoms with van der Waals surface area (Å²) >= 11 is 0. The zero-order valence-corrected chi connectivity index (χ0v) is 11.1. The molecule has 0 fully saturated rings. The summed E-state index contributed by atoms with van der Waals surface area (Å²) in [4.78, 5) is 22.6. The molecule has 0 bridgehead atoms. The van der Waals surface area contributed by atoms with E-state index in [1.807, 2.05) is 6.92 Å². The summed E-state index contributed by atoms with van der Waals surface area (Å²) in [6.07, 6.45) is 3.38. The molecule has 92 valence electrons. The van der Waals surface area contributed by atoms with Gasteiger partial charge in [-0.3, -0.25) is 4.79 Å². The van der Waals surface area contributed by atoms with Crippen molar-refractivity contribution in [3.05, 3.63) is 12.2 Å². The molecule has 0 aromatic rings. The van der Waals surface area contributed by atoms with Crippen molar-refractivity contribution in [2.75, 3.05) is 14.2 Å². The number of carbonyl (C=O) groups is 2. The Kier molecular flexibility index (Phi) is 6.87. The average Bonchev–Trinajstić information content (AvgIpc) is 2.28. The third kappa shape index (κ3) is 4.26. The second kappa shape index (κ2) is 7.32. The van der Waals surface area contributed by atoms with Gasteiger partial charge in [-0.15, -0.1) is 0 Å². The molecule has 0 aromatic heterocycles. The third-order valence-electron chi connectivity index (χ3n) is 1.95. The molecule has 0 aliphatic carbocycles. The van der Waals surface area contributed by atoms with Crippen LogP contribution in [0.1, 0.15) is 20.3 Å². The highest BCUT2D eigenvalue weighted by Crippen LogP contribution is 2.16. The van der Waals surface area contributed by atoms with Crippen molar-refractivity contribution in [2.24, 2.45) is 0 Å². The van der Waals surface area contributed by atoms with Crippen LogP contribution in [0.4, 0.5) is 0 Å². The average molecular weight is 246 g/mol. The van der Waals surface area contributed by atoms with Crippen molar-refractivity contribution in [1.82, 2.24) is 0 Å². The van der Waals surface area contributed by atoms with E-state index in [1.54, 1.807) is 6.92 Å². The Hall–Kier alpha value is -0.983. The highest BCUT2D eigenvalue weighted by molar-refractivity contribution is 6.64. The van der Waals surface area contributed by atoms with Crippen molar-refractivity contribution in [3.8, 4) is 0 Å². The van der Waals surface area contributed by atoms with Crippen molar-refractivity contribution >= 4 is 20.6 Å². The Labute approximate surface area is 96.7 Å². The molecule has 0 saturated carbocycles. The van der Waals surface area contributed by atoms with E-state index in [2.05, 4.69) is 0 Å². The Bertz CT molecular complexity index is 270. The molecule has 0 atom stereocenters. The van der Waals surface area contributed by atoms with Gasteiger partial charge in [0.2, 0.25) is 0 Å². The van der Waals surface area contributed by atoms with Crippen LogP contribution in [0.3, 0.4) is 0 Å². The first kappa shape index (κ1) is 15.0. The maximum atomic E-state index is 11.4. The number of ketones is 1. The molecule has 0 N–H and O–H groups in total. The van der Waals surface area contributed by atoms with Gasteiger partial charge in [0.1, 0.15) is 0 Å². The van der Waals surface area contributed by atoms with Crippen LogP contribution in [0.25, 0.3) is 0 Å². The third-order valence-corrected chi connectivity index (χ3v) is 4.80. The number of hydrogen-bond donors (Lipinski definition) is 0. The molecular weight excluding hydrogens is 228 g/mol. The van der Waals surface area contributed by atoms with Crippen LogP contribution in [0.15, 0.2) is 12.2 Å². The molecular formula is C10H18O5Si. The van der Waals surface area contributed by atoms with Crippen LogP contribution >= 0.6 is 0 Å². The molecule has 0 spiro atoms. The molecule has 0 rings (SSSR count). The maximum Gasteiger partial charge on any atom is 0.567 e. The van der Waals surface area contributed by atoms with E-state index >= 15 is 0 Å². The lowest BCUT2D eigenvalue weighted by atomic mass is 10.4. The van der Waals surface area contributed by atoms with Gasteiger partial charge in [-0.2, -0.15) is 0 Å². The molecule has 0 amide bonds. The molecule has 5 nitrogen and oxygen atoms in total. The van der Waals surface area contributed by atoms with Crippen LogP contribution in [0.5, 0.6) is 0 Å². The van der Waals surface area contributed by atoms with Gasteiger partial charge < -0.3 is 13.3 Å². The number of allylic oxidation sites excluding steroid dienone is 1. The van der Waals surface area contributed by atoms with E-state index in [-0.39, 0.29) is 0 Å². The summed E-state index contributed by atoms with van der Waals surface area (Å²) in [5, 5.41) is 0. The van der Waals surface area contributed by atoms with Gasteiger partial charge in [-0.25, -0.2) is 4.79 Å². The standard InChI is InChI=1S/C10H18O5Si/c1-5-7-9(11)10(12)15-16(13-3,14-4)8-6-2/h5,7H,6,8H2,1-4H3. The van der Waals surface area contributed by atoms with Crippen molar-refractivity contribution in [3.63, 3.8) is 0 Å². The fourth-order valence-corrected chi connectivity index (χ4v) is 2.98. The fourth-order valence-electron chi connectivity index (χ4n) is 1.14. The van der Waals surface area contributed by atoms with Gasteiger partial charge in [-0.05, 0) is 13.0 Å². The SMILES string of the molecule is CC=CC(=O)C(=O)O[Si](CCC)(OC)OC. The molecule has 0 aliphatic rings. The zero-order chi connectivity index (χ0) is 12.6. The van der Waals surface area contributed by atoms with E-state index < -0.39 is 20.6 Å². The van der Waals surface area contributed by atoms with E-state index in [4.69, 9.17) is 13.3 Å². The first-order chi connectivity index (χ1) is 7.55. The number of hydrogen-bond acceptors (Lipinski definition) is 5. The smallest absolute Gasteiger partial charge is 0.467 e. The lowest BCUT2D eigenvalue weighted by molar-refractivity contribution is -0.148. The molecule has 0 saturated heterocycles. The lowest BCUT2D eigenvalue weighted by Crippen LogP contribution is -2.46. The van der Waals surface area contributed by atoms with Gasteiger partial charge in [0, 0.05) is 20.3 Å². The van der Waals surface area contributed by atoms with Gasteiger partial charge >= 0.3 is 14.8 Å². The largest absolute Gasteiger partial charge is 0.567 e. The Morgan fingerprint density at radius 1 is 1.25 bits per heavy atom. The van der Waals surface area contributed by atoms with Crippen molar-refractivity contribution in [2.45, 2.75) is 26.3 Å². The van der Waals surface area contributed by atoms with Crippen LogP contribution in [0, 0.1) is 0 Å². The summed E-state index contributed by atoms with van der Waals surface area (Å²) < 4.78 is 15.3.